The molecule has 0 radical (unpaired) electrons. The van der Waals surface area contributed by atoms with Crippen molar-refractivity contribution in [2.45, 2.75) is 64.1 Å². The minimum atomic E-state index is -0.492. The zero-order valence-corrected chi connectivity index (χ0v) is 19.3. The predicted molar refractivity (Wildman–Crippen MR) is 119 cm³/mol. The largest absolute Gasteiger partial charge is 0.482 e. The second kappa shape index (κ2) is 10.4. The fourth-order valence-electron chi connectivity index (χ4n) is 5.73. The minimum absolute atomic E-state index is 0.117. The summed E-state index contributed by atoms with van der Waals surface area (Å²) in [7, 11) is 1.34. The number of carbonyl (C=O) groups excluding carboxylic acids is 3. The Morgan fingerprint density at radius 3 is 2.61 bits per heavy atom. The number of hydrogen-bond acceptors (Lipinski definition) is 7. The number of methoxy groups -OCH3 is 1. The molecule has 0 amide bonds. The lowest BCUT2D eigenvalue weighted by Gasteiger charge is -2.33. The highest BCUT2D eigenvalue weighted by atomic mass is 16.6. The van der Waals surface area contributed by atoms with Crippen molar-refractivity contribution in [3.8, 4) is 5.75 Å². The van der Waals surface area contributed by atoms with Gasteiger partial charge in [-0.25, -0.2) is 14.4 Å². The van der Waals surface area contributed by atoms with Gasteiger partial charge in [0.15, 0.2) is 6.61 Å². The zero-order chi connectivity index (χ0) is 23.4. The van der Waals surface area contributed by atoms with E-state index in [0.29, 0.717) is 11.8 Å². The van der Waals surface area contributed by atoms with E-state index in [1.54, 1.807) is 0 Å². The molecule has 7 nitrogen and oxygen atoms in total. The van der Waals surface area contributed by atoms with E-state index in [0.717, 1.165) is 56.3 Å². The number of hydrogen-bond donors (Lipinski definition) is 0. The summed E-state index contributed by atoms with van der Waals surface area (Å²) in [4.78, 5) is 36.0. The van der Waals surface area contributed by atoms with Gasteiger partial charge < -0.3 is 18.9 Å². The molecule has 1 heterocycles. The Morgan fingerprint density at radius 2 is 1.85 bits per heavy atom. The van der Waals surface area contributed by atoms with E-state index in [-0.39, 0.29) is 24.7 Å². The maximum Gasteiger partial charge on any atom is 0.343 e. The molecule has 0 saturated heterocycles. The Hall–Kier alpha value is -2.83. The molecular formula is C26H32O7. The Morgan fingerprint density at radius 1 is 1.06 bits per heavy atom. The van der Waals surface area contributed by atoms with Crippen molar-refractivity contribution in [1.29, 1.82) is 0 Å². The lowest BCUT2D eigenvalue weighted by molar-refractivity contribution is -0.145. The molecule has 0 bridgehead atoms. The number of cyclic esters (lactones) is 1. The standard InChI is InChI=1S/C26H32O7/c1-3-5-18-8-9-19-20-12-16-6-4-7-22(31-15-26(29)30-2)21(16)13-17(20)14-23(19)33-25(28)11-10-24(27)32-18/h4,6-7,10-11,17-20,23H,3,5,8-9,12-15H2,1-2H3/b11-10-/t17-,18-,19+,20-,23+/m0/s1. The van der Waals surface area contributed by atoms with Crippen LogP contribution in [0.3, 0.4) is 0 Å². The highest BCUT2D eigenvalue weighted by Gasteiger charge is 2.47. The monoisotopic (exact) mass is 456 g/mol. The summed E-state index contributed by atoms with van der Waals surface area (Å²) < 4.78 is 21.9. The van der Waals surface area contributed by atoms with E-state index in [4.69, 9.17) is 18.9 Å². The van der Waals surface area contributed by atoms with Crippen molar-refractivity contribution >= 4 is 17.9 Å². The average molecular weight is 457 g/mol. The van der Waals surface area contributed by atoms with Gasteiger partial charge >= 0.3 is 17.9 Å². The third kappa shape index (κ3) is 5.40. The molecule has 1 saturated carbocycles. The fraction of sp³-hybridized carbons (Fsp3) is 0.577. The molecule has 0 aromatic heterocycles. The number of rotatable bonds is 5. The summed E-state index contributed by atoms with van der Waals surface area (Å²) in [6.07, 6.45) is 7.88. The summed E-state index contributed by atoms with van der Waals surface area (Å²) in [5, 5.41) is 0. The topological polar surface area (TPSA) is 88.1 Å². The Balaban J connectivity index is 1.55. The van der Waals surface area contributed by atoms with Gasteiger partial charge in [0.1, 0.15) is 18.0 Å². The van der Waals surface area contributed by atoms with Crippen LogP contribution in [0.2, 0.25) is 0 Å². The van der Waals surface area contributed by atoms with Gasteiger partial charge in [0, 0.05) is 12.2 Å². The molecule has 1 aromatic rings. The van der Waals surface area contributed by atoms with Gasteiger partial charge in [0.05, 0.1) is 7.11 Å². The van der Waals surface area contributed by atoms with Crippen LogP contribution in [0.15, 0.2) is 30.4 Å². The van der Waals surface area contributed by atoms with Gasteiger partial charge in [-0.15, -0.1) is 0 Å². The summed E-state index contributed by atoms with van der Waals surface area (Å²) in [6.45, 7) is 1.96. The fourth-order valence-corrected chi connectivity index (χ4v) is 5.73. The van der Waals surface area contributed by atoms with Gasteiger partial charge in [-0.3, -0.25) is 0 Å². The highest BCUT2D eigenvalue weighted by Crippen LogP contribution is 2.49. The molecule has 178 valence electrons. The van der Waals surface area contributed by atoms with Crippen LogP contribution in [0.1, 0.15) is 50.2 Å². The van der Waals surface area contributed by atoms with Crippen LogP contribution >= 0.6 is 0 Å². The molecule has 1 aliphatic heterocycles. The second-order valence-corrected chi connectivity index (χ2v) is 9.22. The Kier molecular flexibility index (Phi) is 7.36. The van der Waals surface area contributed by atoms with Gasteiger partial charge in [0.2, 0.25) is 0 Å². The van der Waals surface area contributed by atoms with E-state index in [2.05, 4.69) is 13.0 Å². The summed E-state index contributed by atoms with van der Waals surface area (Å²) in [5.74, 6) is 0.301. The molecule has 0 spiro atoms. The van der Waals surface area contributed by atoms with Crippen LogP contribution in [0.25, 0.3) is 0 Å². The van der Waals surface area contributed by atoms with Crippen LogP contribution in [-0.2, 0) is 41.4 Å². The molecule has 33 heavy (non-hydrogen) atoms. The third-order valence-electron chi connectivity index (χ3n) is 7.23. The Labute approximate surface area is 194 Å². The molecule has 2 aliphatic carbocycles. The molecule has 1 aromatic carbocycles. The number of benzene rings is 1. The maximum atomic E-state index is 12.4. The first-order valence-electron chi connectivity index (χ1n) is 11.9. The molecule has 0 unspecified atom stereocenters. The van der Waals surface area contributed by atoms with Crippen molar-refractivity contribution in [2.24, 2.45) is 17.8 Å². The van der Waals surface area contributed by atoms with Crippen LogP contribution in [0, 0.1) is 17.8 Å². The van der Waals surface area contributed by atoms with Gasteiger partial charge in [-0.1, -0.05) is 25.5 Å². The van der Waals surface area contributed by atoms with Crippen molar-refractivity contribution < 1.29 is 33.3 Å². The number of ether oxygens (including phenoxy) is 4. The van der Waals surface area contributed by atoms with E-state index in [9.17, 15) is 14.4 Å². The second-order valence-electron chi connectivity index (χ2n) is 9.22. The first-order valence-corrected chi connectivity index (χ1v) is 11.9. The molecule has 3 aliphatic rings. The van der Waals surface area contributed by atoms with E-state index in [1.807, 2.05) is 12.1 Å². The van der Waals surface area contributed by atoms with E-state index < -0.39 is 17.9 Å². The highest BCUT2D eigenvalue weighted by molar-refractivity contribution is 5.91. The number of esters is 3. The molecule has 0 N–H and O–H groups in total. The normalized spacial score (nSPS) is 29.9. The van der Waals surface area contributed by atoms with Crippen molar-refractivity contribution in [3.63, 3.8) is 0 Å². The van der Waals surface area contributed by atoms with Crippen LogP contribution in [0.5, 0.6) is 5.75 Å². The smallest absolute Gasteiger partial charge is 0.343 e. The van der Waals surface area contributed by atoms with E-state index in [1.165, 1.54) is 24.8 Å². The lowest BCUT2D eigenvalue weighted by Crippen LogP contribution is -2.29. The van der Waals surface area contributed by atoms with Crippen LogP contribution < -0.4 is 4.74 Å². The molecular weight excluding hydrogens is 424 g/mol. The molecule has 5 atom stereocenters. The first-order chi connectivity index (χ1) is 16.0. The maximum absolute atomic E-state index is 12.4. The molecule has 7 heteroatoms. The molecule has 1 fully saturated rings. The van der Waals surface area contributed by atoms with Crippen molar-refractivity contribution in [2.75, 3.05) is 13.7 Å². The molecule has 4 rings (SSSR count). The van der Waals surface area contributed by atoms with Gasteiger partial charge in [0.25, 0.3) is 0 Å². The Bertz CT molecular complexity index is 921. The summed E-state index contributed by atoms with van der Waals surface area (Å²) in [5.41, 5.74) is 2.35. The van der Waals surface area contributed by atoms with Crippen LogP contribution in [-0.4, -0.2) is 43.8 Å². The summed E-state index contributed by atoms with van der Waals surface area (Å²) in [6, 6.07) is 5.97. The van der Waals surface area contributed by atoms with Crippen molar-refractivity contribution in [1.82, 2.24) is 0 Å². The summed E-state index contributed by atoms with van der Waals surface area (Å²) >= 11 is 0. The van der Waals surface area contributed by atoms with E-state index >= 15 is 0 Å². The first kappa shape index (κ1) is 23.3. The van der Waals surface area contributed by atoms with Gasteiger partial charge in [-0.2, -0.15) is 0 Å². The van der Waals surface area contributed by atoms with Crippen LogP contribution in [0.4, 0.5) is 0 Å². The third-order valence-corrected chi connectivity index (χ3v) is 7.23. The predicted octanol–water partition coefficient (Wildman–Crippen LogP) is 3.56. The van der Waals surface area contributed by atoms with Gasteiger partial charge in [-0.05, 0) is 73.5 Å². The average Bonchev–Trinajstić information content (AvgIpc) is 3.12. The minimum Gasteiger partial charge on any atom is -0.482 e. The number of carbonyl (C=O) groups is 3. The quantitative estimate of drug-likeness (QED) is 0.494. The number of fused-ring (bicyclic) bond motifs is 4. The SMILES string of the molecule is CCC[C@H]1CC[C@@H]2[C@H]3Cc4cccc(OCC(=O)OC)c4C[C@H]3C[C@H]2OC(=O)/C=C\C(=O)O1. The van der Waals surface area contributed by atoms with Crippen molar-refractivity contribution in [3.05, 3.63) is 41.5 Å². The zero-order valence-electron chi connectivity index (χ0n) is 19.3. The lowest BCUT2D eigenvalue weighted by atomic mass is 9.73.